The predicted molar refractivity (Wildman–Crippen MR) is 118 cm³/mol. The van der Waals surface area contributed by atoms with E-state index >= 15 is 0 Å². The number of rotatable bonds is 8. The molecule has 1 aliphatic heterocycles. The van der Waals surface area contributed by atoms with E-state index in [4.69, 9.17) is 0 Å². The van der Waals surface area contributed by atoms with Crippen molar-refractivity contribution in [3.8, 4) is 0 Å². The molecule has 0 saturated carbocycles. The Morgan fingerprint density at radius 3 is 2.40 bits per heavy atom. The molecule has 1 saturated heterocycles. The van der Waals surface area contributed by atoms with E-state index in [1.165, 1.54) is 31.9 Å². The lowest BCUT2D eigenvalue weighted by Gasteiger charge is -2.26. The fourth-order valence-corrected chi connectivity index (χ4v) is 4.77. The Bertz CT molecular complexity index is 952. The fraction of sp³-hybridized carbons (Fsp3) is 0.435. The number of likely N-dealkylation sites (tertiary alicyclic amines) is 1. The van der Waals surface area contributed by atoms with E-state index in [0.29, 0.717) is 6.54 Å². The second kappa shape index (κ2) is 10.2. The van der Waals surface area contributed by atoms with E-state index in [1.54, 1.807) is 24.3 Å². The van der Waals surface area contributed by atoms with Gasteiger partial charge in [-0.3, -0.25) is 9.69 Å². The Balaban J connectivity index is 1.52. The number of piperidine rings is 1. The standard InChI is InChI=1S/C23H31N3O3S/c1-19-9-11-22(12-10-19)30(28,29)25(2)18-23(27)24-16-20-7-6-8-21(15-20)17-26-13-4-3-5-14-26/h6-12,15H,3-5,13-14,16-18H2,1-2H3,(H,24,27). The summed E-state index contributed by atoms with van der Waals surface area (Å²) in [5, 5.41) is 2.83. The van der Waals surface area contributed by atoms with Gasteiger partial charge in [0.25, 0.3) is 0 Å². The third kappa shape index (κ3) is 6.14. The van der Waals surface area contributed by atoms with Crippen LogP contribution in [0.5, 0.6) is 0 Å². The summed E-state index contributed by atoms with van der Waals surface area (Å²) >= 11 is 0. The average Bonchev–Trinajstić information content (AvgIpc) is 2.73. The van der Waals surface area contributed by atoms with Gasteiger partial charge in [0.05, 0.1) is 11.4 Å². The quantitative estimate of drug-likeness (QED) is 0.701. The van der Waals surface area contributed by atoms with E-state index < -0.39 is 10.0 Å². The van der Waals surface area contributed by atoms with Gasteiger partial charge in [-0.15, -0.1) is 0 Å². The summed E-state index contributed by atoms with van der Waals surface area (Å²) < 4.78 is 26.3. The van der Waals surface area contributed by atoms with Gasteiger partial charge in [-0.1, -0.05) is 48.4 Å². The first kappa shape index (κ1) is 22.5. The molecule has 2 aromatic rings. The van der Waals surface area contributed by atoms with Gasteiger partial charge in [-0.25, -0.2) is 8.42 Å². The van der Waals surface area contributed by atoms with E-state index in [1.807, 2.05) is 19.1 Å². The first-order valence-electron chi connectivity index (χ1n) is 10.4. The molecule has 0 spiro atoms. The van der Waals surface area contributed by atoms with E-state index in [2.05, 4.69) is 22.3 Å². The number of amides is 1. The van der Waals surface area contributed by atoms with Crippen LogP contribution < -0.4 is 5.32 Å². The molecular weight excluding hydrogens is 398 g/mol. The zero-order valence-electron chi connectivity index (χ0n) is 17.8. The van der Waals surface area contributed by atoms with Crippen LogP contribution in [0.4, 0.5) is 0 Å². The van der Waals surface area contributed by atoms with Crippen LogP contribution in [-0.2, 0) is 27.9 Å². The van der Waals surface area contributed by atoms with Crippen molar-refractivity contribution in [2.75, 3.05) is 26.7 Å². The van der Waals surface area contributed by atoms with Crippen LogP contribution in [0.25, 0.3) is 0 Å². The minimum absolute atomic E-state index is 0.189. The van der Waals surface area contributed by atoms with Crippen molar-refractivity contribution < 1.29 is 13.2 Å². The molecule has 1 amide bonds. The zero-order chi connectivity index (χ0) is 21.6. The third-order valence-electron chi connectivity index (χ3n) is 5.43. The summed E-state index contributed by atoms with van der Waals surface area (Å²) in [5.74, 6) is -0.324. The predicted octanol–water partition coefficient (Wildman–Crippen LogP) is 2.92. The fourth-order valence-electron chi connectivity index (χ4n) is 3.65. The maximum Gasteiger partial charge on any atom is 0.243 e. The highest BCUT2D eigenvalue weighted by Gasteiger charge is 2.22. The third-order valence-corrected chi connectivity index (χ3v) is 7.25. The molecule has 0 radical (unpaired) electrons. The number of likely N-dealkylation sites (N-methyl/N-ethyl adjacent to an activating group) is 1. The van der Waals surface area contributed by atoms with Gasteiger partial charge in [0.1, 0.15) is 0 Å². The van der Waals surface area contributed by atoms with Crippen LogP contribution in [0.3, 0.4) is 0 Å². The molecule has 1 heterocycles. The number of carbonyl (C=O) groups excluding carboxylic acids is 1. The number of sulfonamides is 1. The van der Waals surface area contributed by atoms with Crippen molar-refractivity contribution in [3.05, 3.63) is 65.2 Å². The van der Waals surface area contributed by atoms with E-state index in [9.17, 15) is 13.2 Å². The van der Waals surface area contributed by atoms with Gasteiger partial charge >= 0.3 is 0 Å². The Morgan fingerprint density at radius 2 is 1.70 bits per heavy atom. The highest BCUT2D eigenvalue weighted by atomic mass is 32.2. The van der Waals surface area contributed by atoms with Crippen molar-refractivity contribution >= 4 is 15.9 Å². The van der Waals surface area contributed by atoms with Crippen LogP contribution in [0.15, 0.2) is 53.4 Å². The summed E-state index contributed by atoms with van der Waals surface area (Å²) in [6.45, 7) is 5.27. The van der Waals surface area contributed by atoms with Crippen molar-refractivity contribution in [3.63, 3.8) is 0 Å². The molecule has 3 rings (SSSR count). The Kier molecular flexibility index (Phi) is 7.64. The van der Waals surface area contributed by atoms with Crippen LogP contribution in [-0.4, -0.2) is 50.2 Å². The summed E-state index contributed by atoms with van der Waals surface area (Å²) in [7, 11) is -2.27. The molecule has 6 nitrogen and oxygen atoms in total. The minimum atomic E-state index is -3.69. The molecule has 0 atom stereocenters. The topological polar surface area (TPSA) is 69.7 Å². The van der Waals surface area contributed by atoms with Crippen LogP contribution >= 0.6 is 0 Å². The second-order valence-corrected chi connectivity index (χ2v) is 10.1. The molecule has 0 bridgehead atoms. The Morgan fingerprint density at radius 1 is 1.03 bits per heavy atom. The highest BCUT2D eigenvalue weighted by molar-refractivity contribution is 7.89. The number of aryl methyl sites for hydroxylation is 1. The summed E-state index contributed by atoms with van der Waals surface area (Å²) in [6.07, 6.45) is 3.83. The van der Waals surface area contributed by atoms with Gasteiger partial charge in [0, 0.05) is 20.1 Å². The first-order valence-corrected chi connectivity index (χ1v) is 11.9. The van der Waals surface area contributed by atoms with Crippen LogP contribution in [0, 0.1) is 6.92 Å². The van der Waals surface area contributed by atoms with Gasteiger partial charge in [0.15, 0.2) is 0 Å². The second-order valence-electron chi connectivity index (χ2n) is 8.01. The molecular formula is C23H31N3O3S. The molecule has 7 heteroatoms. The maximum atomic E-state index is 12.6. The lowest BCUT2D eigenvalue weighted by Crippen LogP contribution is -2.38. The first-order chi connectivity index (χ1) is 14.3. The number of benzene rings is 2. The molecule has 162 valence electrons. The molecule has 0 aliphatic carbocycles. The van der Waals surface area contributed by atoms with Crippen LogP contribution in [0.2, 0.25) is 0 Å². The normalized spacial score (nSPS) is 15.3. The van der Waals surface area contributed by atoms with Gasteiger partial charge < -0.3 is 5.32 Å². The molecule has 30 heavy (non-hydrogen) atoms. The summed E-state index contributed by atoms with van der Waals surface area (Å²) in [5.41, 5.74) is 3.24. The smallest absolute Gasteiger partial charge is 0.243 e. The highest BCUT2D eigenvalue weighted by Crippen LogP contribution is 2.16. The largest absolute Gasteiger partial charge is 0.351 e. The zero-order valence-corrected chi connectivity index (χ0v) is 18.6. The molecule has 1 aliphatic rings. The summed E-state index contributed by atoms with van der Waals surface area (Å²) in [6, 6.07) is 14.8. The molecule has 2 aromatic carbocycles. The number of hydrogen-bond acceptors (Lipinski definition) is 4. The average molecular weight is 430 g/mol. The number of hydrogen-bond donors (Lipinski definition) is 1. The Hall–Kier alpha value is -2.22. The van der Waals surface area contributed by atoms with Crippen molar-refractivity contribution in [1.29, 1.82) is 0 Å². The lowest BCUT2D eigenvalue weighted by atomic mass is 10.1. The number of nitrogens with zero attached hydrogens (tertiary/aromatic N) is 2. The summed E-state index contributed by atoms with van der Waals surface area (Å²) in [4.78, 5) is 15.0. The van der Waals surface area contributed by atoms with Crippen LogP contribution in [0.1, 0.15) is 36.0 Å². The van der Waals surface area contributed by atoms with E-state index in [0.717, 1.165) is 35.1 Å². The molecule has 1 N–H and O–H groups in total. The SMILES string of the molecule is Cc1ccc(S(=O)(=O)N(C)CC(=O)NCc2cccc(CN3CCCCC3)c2)cc1. The van der Waals surface area contributed by atoms with E-state index in [-0.39, 0.29) is 17.3 Å². The number of nitrogens with one attached hydrogen (secondary N) is 1. The van der Waals surface area contributed by atoms with Crippen molar-refractivity contribution in [2.45, 2.75) is 44.2 Å². The van der Waals surface area contributed by atoms with Crippen molar-refractivity contribution in [1.82, 2.24) is 14.5 Å². The molecule has 0 unspecified atom stereocenters. The van der Waals surface area contributed by atoms with Gasteiger partial charge in [-0.05, 0) is 56.1 Å². The monoisotopic (exact) mass is 429 g/mol. The molecule has 1 fully saturated rings. The van der Waals surface area contributed by atoms with Gasteiger partial charge in [-0.2, -0.15) is 4.31 Å². The van der Waals surface area contributed by atoms with Gasteiger partial charge in [0.2, 0.25) is 15.9 Å². The minimum Gasteiger partial charge on any atom is -0.351 e. The maximum absolute atomic E-state index is 12.6. The van der Waals surface area contributed by atoms with Crippen molar-refractivity contribution in [2.24, 2.45) is 0 Å². The lowest BCUT2D eigenvalue weighted by molar-refractivity contribution is -0.121. The molecule has 0 aromatic heterocycles. The Labute approximate surface area is 179 Å². The number of carbonyl (C=O) groups is 1.